The zero-order chi connectivity index (χ0) is 13.8. The summed E-state index contributed by atoms with van der Waals surface area (Å²) in [6.07, 6.45) is 0.766. The van der Waals surface area contributed by atoms with Crippen LogP contribution in [0.5, 0.6) is 11.5 Å². The molecule has 0 bridgehead atoms. The van der Waals surface area contributed by atoms with E-state index in [9.17, 15) is 0 Å². The molecule has 0 heterocycles. The summed E-state index contributed by atoms with van der Waals surface area (Å²) in [5.41, 5.74) is 7.80. The molecule has 0 aromatic heterocycles. The van der Waals surface area contributed by atoms with Gasteiger partial charge in [0.2, 0.25) is 0 Å². The van der Waals surface area contributed by atoms with Crippen LogP contribution in [0.3, 0.4) is 0 Å². The second kappa shape index (κ2) is 6.42. The molecule has 0 atom stereocenters. The van der Waals surface area contributed by atoms with Gasteiger partial charge in [0.25, 0.3) is 0 Å². The lowest BCUT2D eigenvalue weighted by atomic mass is 10.1. The van der Waals surface area contributed by atoms with Crippen LogP contribution in [-0.2, 0) is 6.42 Å². The first-order valence-corrected chi connectivity index (χ1v) is 7.20. The number of aryl methyl sites for hydroxylation is 1. The topological polar surface area (TPSA) is 35.2 Å². The van der Waals surface area contributed by atoms with Gasteiger partial charge in [0, 0.05) is 9.50 Å². The Morgan fingerprint density at radius 1 is 1.21 bits per heavy atom. The average Bonchev–Trinajstić information content (AvgIpc) is 2.37. The molecule has 0 spiro atoms. The average molecular weight is 341 g/mol. The molecular formula is C15H15BrClNO. The van der Waals surface area contributed by atoms with Gasteiger partial charge in [-0.3, -0.25) is 0 Å². The second-order valence-electron chi connectivity index (χ2n) is 4.30. The molecule has 0 radical (unpaired) electrons. The fraction of sp³-hybridized carbons (Fsp3) is 0.200. The van der Waals surface area contributed by atoms with Crippen LogP contribution in [0.25, 0.3) is 0 Å². The highest BCUT2D eigenvalue weighted by Gasteiger charge is 2.06. The number of benzene rings is 2. The van der Waals surface area contributed by atoms with Crippen LogP contribution in [0.15, 0.2) is 40.9 Å². The van der Waals surface area contributed by atoms with Crippen molar-refractivity contribution in [1.82, 2.24) is 0 Å². The molecule has 0 aliphatic carbocycles. The Kier molecular flexibility index (Phi) is 4.86. The predicted molar refractivity (Wildman–Crippen MR) is 83.2 cm³/mol. The minimum absolute atomic E-state index is 0.581. The number of nitrogens with two attached hydrogens (primary N) is 1. The zero-order valence-electron chi connectivity index (χ0n) is 10.6. The first kappa shape index (κ1) is 14.4. The van der Waals surface area contributed by atoms with Crippen LogP contribution < -0.4 is 10.5 Å². The Morgan fingerprint density at radius 2 is 2.00 bits per heavy atom. The molecule has 19 heavy (non-hydrogen) atoms. The maximum atomic E-state index is 6.02. The lowest BCUT2D eigenvalue weighted by Crippen LogP contribution is -2.04. The maximum Gasteiger partial charge on any atom is 0.132 e. The maximum absolute atomic E-state index is 6.02. The van der Waals surface area contributed by atoms with Crippen molar-refractivity contribution in [2.24, 2.45) is 5.73 Å². The number of halogens is 2. The Balaban J connectivity index is 2.30. The summed E-state index contributed by atoms with van der Waals surface area (Å²) in [5.74, 6) is 1.56. The largest absolute Gasteiger partial charge is 0.457 e. The number of rotatable bonds is 4. The zero-order valence-corrected chi connectivity index (χ0v) is 13.0. The third-order valence-electron chi connectivity index (χ3n) is 2.80. The molecule has 0 amide bonds. The molecule has 2 nitrogen and oxygen atoms in total. The standard InChI is InChI=1S/C15H15BrClNO/c1-10-8-13(4-5-14(10)16)19-15-9-12(17)3-2-11(15)6-7-18/h2-5,8-9H,6-7,18H2,1H3. The molecular weight excluding hydrogens is 326 g/mol. The molecule has 2 aromatic rings. The van der Waals surface area contributed by atoms with Crippen LogP contribution in [0.1, 0.15) is 11.1 Å². The Morgan fingerprint density at radius 3 is 2.68 bits per heavy atom. The van der Waals surface area contributed by atoms with Gasteiger partial charge in [0.1, 0.15) is 11.5 Å². The van der Waals surface area contributed by atoms with E-state index in [1.165, 1.54) is 0 Å². The fourth-order valence-corrected chi connectivity index (χ4v) is 2.20. The third-order valence-corrected chi connectivity index (χ3v) is 3.92. The minimum Gasteiger partial charge on any atom is -0.457 e. The smallest absolute Gasteiger partial charge is 0.132 e. The van der Waals surface area contributed by atoms with Gasteiger partial charge in [-0.25, -0.2) is 0 Å². The lowest BCUT2D eigenvalue weighted by molar-refractivity contribution is 0.476. The first-order chi connectivity index (χ1) is 9.10. The van der Waals surface area contributed by atoms with E-state index in [-0.39, 0.29) is 0 Å². The molecule has 0 aliphatic heterocycles. The molecule has 2 aromatic carbocycles. The van der Waals surface area contributed by atoms with Gasteiger partial charge < -0.3 is 10.5 Å². The lowest BCUT2D eigenvalue weighted by Gasteiger charge is -2.12. The van der Waals surface area contributed by atoms with Crippen LogP contribution in [0.4, 0.5) is 0 Å². The number of ether oxygens (including phenoxy) is 1. The quantitative estimate of drug-likeness (QED) is 0.875. The van der Waals surface area contributed by atoms with E-state index in [1.54, 1.807) is 0 Å². The van der Waals surface area contributed by atoms with E-state index in [4.69, 9.17) is 22.1 Å². The molecule has 2 rings (SSSR count). The SMILES string of the molecule is Cc1cc(Oc2cc(Cl)ccc2CCN)ccc1Br. The number of hydrogen-bond acceptors (Lipinski definition) is 2. The highest BCUT2D eigenvalue weighted by molar-refractivity contribution is 9.10. The highest BCUT2D eigenvalue weighted by Crippen LogP contribution is 2.30. The summed E-state index contributed by atoms with van der Waals surface area (Å²) in [7, 11) is 0. The van der Waals surface area contributed by atoms with E-state index in [0.29, 0.717) is 11.6 Å². The van der Waals surface area contributed by atoms with Crippen molar-refractivity contribution in [1.29, 1.82) is 0 Å². The van der Waals surface area contributed by atoms with Crippen LogP contribution >= 0.6 is 27.5 Å². The van der Waals surface area contributed by atoms with Crippen LogP contribution in [-0.4, -0.2) is 6.54 Å². The van der Waals surface area contributed by atoms with E-state index in [0.717, 1.165) is 33.5 Å². The summed E-state index contributed by atoms with van der Waals surface area (Å²) in [6, 6.07) is 11.5. The molecule has 100 valence electrons. The molecule has 0 unspecified atom stereocenters. The van der Waals surface area contributed by atoms with Crippen molar-refractivity contribution < 1.29 is 4.74 Å². The number of hydrogen-bond donors (Lipinski definition) is 1. The van der Waals surface area contributed by atoms with Gasteiger partial charge >= 0.3 is 0 Å². The van der Waals surface area contributed by atoms with E-state index >= 15 is 0 Å². The normalized spacial score (nSPS) is 10.5. The molecule has 0 aliphatic rings. The molecule has 0 saturated carbocycles. The fourth-order valence-electron chi connectivity index (χ4n) is 1.79. The third kappa shape index (κ3) is 3.72. The Bertz CT molecular complexity index is 586. The van der Waals surface area contributed by atoms with Crippen LogP contribution in [0.2, 0.25) is 5.02 Å². The summed E-state index contributed by atoms with van der Waals surface area (Å²) in [5, 5.41) is 0.657. The molecule has 0 fully saturated rings. The molecule has 2 N–H and O–H groups in total. The van der Waals surface area contributed by atoms with Gasteiger partial charge in [-0.2, -0.15) is 0 Å². The second-order valence-corrected chi connectivity index (χ2v) is 5.59. The summed E-state index contributed by atoms with van der Waals surface area (Å²) in [4.78, 5) is 0. The van der Waals surface area contributed by atoms with Crippen molar-refractivity contribution in [2.45, 2.75) is 13.3 Å². The Hall–Kier alpha value is -1.03. The van der Waals surface area contributed by atoms with Gasteiger partial charge in [0.15, 0.2) is 0 Å². The molecule has 4 heteroatoms. The summed E-state index contributed by atoms with van der Waals surface area (Å²) < 4.78 is 6.98. The summed E-state index contributed by atoms with van der Waals surface area (Å²) >= 11 is 9.49. The van der Waals surface area contributed by atoms with E-state index in [1.807, 2.05) is 43.3 Å². The first-order valence-electron chi connectivity index (χ1n) is 6.02. The van der Waals surface area contributed by atoms with Gasteiger partial charge in [-0.05, 0) is 61.3 Å². The summed E-state index contributed by atoms with van der Waals surface area (Å²) in [6.45, 7) is 2.60. The van der Waals surface area contributed by atoms with Gasteiger partial charge in [0.05, 0.1) is 0 Å². The van der Waals surface area contributed by atoms with Crippen molar-refractivity contribution in [3.63, 3.8) is 0 Å². The molecule has 0 saturated heterocycles. The van der Waals surface area contributed by atoms with Crippen molar-refractivity contribution in [3.8, 4) is 11.5 Å². The van der Waals surface area contributed by atoms with E-state index < -0.39 is 0 Å². The monoisotopic (exact) mass is 339 g/mol. The van der Waals surface area contributed by atoms with Crippen molar-refractivity contribution >= 4 is 27.5 Å². The van der Waals surface area contributed by atoms with E-state index in [2.05, 4.69) is 15.9 Å². The minimum atomic E-state index is 0.581. The van der Waals surface area contributed by atoms with Gasteiger partial charge in [-0.1, -0.05) is 33.6 Å². The van der Waals surface area contributed by atoms with Crippen molar-refractivity contribution in [2.75, 3.05) is 6.54 Å². The highest BCUT2D eigenvalue weighted by atomic mass is 79.9. The van der Waals surface area contributed by atoms with Crippen LogP contribution in [0, 0.1) is 6.92 Å². The Labute approximate surface area is 126 Å². The van der Waals surface area contributed by atoms with Crippen molar-refractivity contribution in [3.05, 3.63) is 57.0 Å². The van der Waals surface area contributed by atoms with Gasteiger partial charge in [-0.15, -0.1) is 0 Å². The predicted octanol–water partition coefficient (Wildman–Crippen LogP) is 4.70.